The molecule has 2 aromatic carbocycles. The highest BCUT2D eigenvalue weighted by Crippen LogP contribution is 2.36. The van der Waals surface area contributed by atoms with Gasteiger partial charge in [0.25, 0.3) is 0 Å². The van der Waals surface area contributed by atoms with Gasteiger partial charge in [0.2, 0.25) is 11.8 Å². The maximum Gasteiger partial charge on any atom is 0.232 e. The number of carbonyl (C=O) groups is 2. The molecular weight excluding hydrogens is 328 g/mol. The summed E-state index contributed by atoms with van der Waals surface area (Å²) in [6, 6.07) is 13.6. The smallest absolute Gasteiger partial charge is 0.232 e. The first-order chi connectivity index (χ1) is 12.6. The number of rotatable bonds is 3. The van der Waals surface area contributed by atoms with E-state index in [-0.39, 0.29) is 24.2 Å². The van der Waals surface area contributed by atoms with Gasteiger partial charge in [0, 0.05) is 25.2 Å². The van der Waals surface area contributed by atoms with Crippen LogP contribution in [0.1, 0.15) is 17.5 Å². The minimum atomic E-state index is -0.321. The lowest BCUT2D eigenvalue weighted by atomic mass is 10.1. The molecule has 1 fully saturated rings. The SMILES string of the molecule is COc1ccccc1N1CC(C(=O)N2CCc3cccc(C)c32)CC1=O. The molecule has 1 atom stereocenters. The normalized spacial score (nSPS) is 19.0. The van der Waals surface area contributed by atoms with Gasteiger partial charge < -0.3 is 14.5 Å². The van der Waals surface area contributed by atoms with Crippen molar-refractivity contribution in [2.75, 3.05) is 30.0 Å². The third-order valence-corrected chi connectivity index (χ3v) is 5.31. The Hall–Kier alpha value is -2.82. The zero-order valence-corrected chi connectivity index (χ0v) is 15.1. The van der Waals surface area contributed by atoms with E-state index < -0.39 is 0 Å². The van der Waals surface area contributed by atoms with Gasteiger partial charge in [-0.1, -0.05) is 30.3 Å². The maximum absolute atomic E-state index is 13.2. The molecule has 2 heterocycles. The van der Waals surface area contributed by atoms with Crippen LogP contribution >= 0.6 is 0 Å². The maximum atomic E-state index is 13.2. The average molecular weight is 350 g/mol. The summed E-state index contributed by atoms with van der Waals surface area (Å²) in [5, 5.41) is 0. The first kappa shape index (κ1) is 16.6. The van der Waals surface area contributed by atoms with Crippen LogP contribution in [0.2, 0.25) is 0 Å². The van der Waals surface area contributed by atoms with Crippen molar-refractivity contribution in [2.24, 2.45) is 5.92 Å². The van der Waals surface area contributed by atoms with Crippen LogP contribution < -0.4 is 14.5 Å². The van der Waals surface area contributed by atoms with E-state index >= 15 is 0 Å². The molecule has 4 rings (SSSR count). The van der Waals surface area contributed by atoms with E-state index in [1.54, 1.807) is 12.0 Å². The summed E-state index contributed by atoms with van der Waals surface area (Å²) in [5.41, 5.74) is 4.08. The Labute approximate surface area is 153 Å². The summed E-state index contributed by atoms with van der Waals surface area (Å²) in [4.78, 5) is 29.3. The van der Waals surface area contributed by atoms with Gasteiger partial charge in [-0.15, -0.1) is 0 Å². The second kappa shape index (κ2) is 6.48. The molecule has 0 N–H and O–H groups in total. The molecule has 1 saturated heterocycles. The molecule has 0 bridgehead atoms. The highest BCUT2D eigenvalue weighted by Gasteiger charge is 2.40. The number of methoxy groups -OCH3 is 1. The fraction of sp³-hybridized carbons (Fsp3) is 0.333. The summed E-state index contributed by atoms with van der Waals surface area (Å²) in [6.07, 6.45) is 1.12. The molecule has 0 spiro atoms. The summed E-state index contributed by atoms with van der Waals surface area (Å²) >= 11 is 0. The van der Waals surface area contributed by atoms with Gasteiger partial charge in [0.1, 0.15) is 5.75 Å². The van der Waals surface area contributed by atoms with Gasteiger partial charge in [0.05, 0.1) is 18.7 Å². The Kier molecular flexibility index (Phi) is 4.15. The Morgan fingerprint density at radius 2 is 1.96 bits per heavy atom. The lowest BCUT2D eigenvalue weighted by Crippen LogP contribution is -2.36. The number of ether oxygens (including phenoxy) is 1. The molecular formula is C21H22N2O3. The first-order valence-electron chi connectivity index (χ1n) is 8.93. The van der Waals surface area contributed by atoms with Crippen LogP contribution in [0.3, 0.4) is 0 Å². The molecule has 1 unspecified atom stereocenters. The molecule has 2 amide bonds. The minimum Gasteiger partial charge on any atom is -0.495 e. The predicted octanol–water partition coefficient (Wildman–Crippen LogP) is 2.95. The molecule has 2 aliphatic rings. The molecule has 26 heavy (non-hydrogen) atoms. The number of aryl methyl sites for hydroxylation is 1. The third kappa shape index (κ3) is 2.64. The topological polar surface area (TPSA) is 49.9 Å². The molecule has 5 nitrogen and oxygen atoms in total. The third-order valence-electron chi connectivity index (χ3n) is 5.31. The first-order valence-corrected chi connectivity index (χ1v) is 8.93. The number of para-hydroxylation sites is 3. The number of carbonyl (C=O) groups excluding carboxylic acids is 2. The highest BCUT2D eigenvalue weighted by molar-refractivity contribution is 6.06. The van der Waals surface area contributed by atoms with E-state index in [0.717, 1.165) is 23.4 Å². The van der Waals surface area contributed by atoms with Crippen molar-refractivity contribution in [3.05, 3.63) is 53.6 Å². The van der Waals surface area contributed by atoms with Gasteiger partial charge in [-0.25, -0.2) is 0 Å². The van der Waals surface area contributed by atoms with E-state index in [2.05, 4.69) is 6.07 Å². The molecule has 0 radical (unpaired) electrons. The number of amides is 2. The van der Waals surface area contributed by atoms with E-state index in [4.69, 9.17) is 4.74 Å². The Bertz CT molecular complexity index is 877. The molecule has 2 aromatic rings. The van der Waals surface area contributed by atoms with Gasteiger partial charge in [-0.3, -0.25) is 9.59 Å². The van der Waals surface area contributed by atoms with E-state index in [0.29, 0.717) is 18.8 Å². The van der Waals surface area contributed by atoms with Gasteiger partial charge in [0.15, 0.2) is 0 Å². The molecule has 0 aliphatic carbocycles. The zero-order chi connectivity index (χ0) is 18.3. The second-order valence-corrected chi connectivity index (χ2v) is 6.90. The van der Waals surface area contributed by atoms with Crippen molar-refractivity contribution in [3.63, 3.8) is 0 Å². The van der Waals surface area contributed by atoms with Crippen LogP contribution in [-0.2, 0) is 16.0 Å². The van der Waals surface area contributed by atoms with Gasteiger partial charge in [-0.05, 0) is 36.6 Å². The number of anilines is 2. The lowest BCUT2D eigenvalue weighted by molar-refractivity contribution is -0.124. The van der Waals surface area contributed by atoms with Crippen LogP contribution in [0.4, 0.5) is 11.4 Å². The minimum absolute atomic E-state index is 0.0305. The summed E-state index contributed by atoms with van der Waals surface area (Å²) in [6.45, 7) is 3.12. The van der Waals surface area contributed by atoms with Crippen LogP contribution in [0.25, 0.3) is 0 Å². The van der Waals surface area contributed by atoms with E-state index in [1.807, 2.05) is 48.2 Å². The Morgan fingerprint density at radius 3 is 2.77 bits per heavy atom. The Balaban J connectivity index is 1.58. The monoisotopic (exact) mass is 350 g/mol. The van der Waals surface area contributed by atoms with Crippen molar-refractivity contribution >= 4 is 23.2 Å². The molecule has 2 aliphatic heterocycles. The molecule has 0 saturated carbocycles. The van der Waals surface area contributed by atoms with E-state index in [9.17, 15) is 9.59 Å². The largest absolute Gasteiger partial charge is 0.495 e. The fourth-order valence-corrected chi connectivity index (χ4v) is 4.05. The van der Waals surface area contributed by atoms with Crippen molar-refractivity contribution in [3.8, 4) is 5.75 Å². The van der Waals surface area contributed by atoms with E-state index in [1.165, 1.54) is 5.56 Å². The number of fused-ring (bicyclic) bond motifs is 1. The highest BCUT2D eigenvalue weighted by atomic mass is 16.5. The number of hydrogen-bond acceptors (Lipinski definition) is 3. The van der Waals surface area contributed by atoms with Crippen LogP contribution in [0, 0.1) is 12.8 Å². The molecule has 5 heteroatoms. The number of hydrogen-bond donors (Lipinski definition) is 0. The van der Waals surface area contributed by atoms with Crippen molar-refractivity contribution in [1.82, 2.24) is 0 Å². The number of benzene rings is 2. The number of nitrogens with zero attached hydrogens (tertiary/aromatic N) is 2. The summed E-state index contributed by atoms with van der Waals surface area (Å²) in [5.74, 6) is 0.343. The zero-order valence-electron chi connectivity index (χ0n) is 15.1. The standard InChI is InChI=1S/C21H22N2O3/c1-14-6-5-7-15-10-11-22(20(14)15)21(25)16-12-19(24)23(13-16)17-8-3-4-9-18(17)26-2/h3-9,16H,10-13H2,1-2H3. The predicted molar refractivity (Wildman–Crippen MR) is 101 cm³/mol. The average Bonchev–Trinajstić information content (AvgIpc) is 3.26. The fourth-order valence-electron chi connectivity index (χ4n) is 4.05. The summed E-state index contributed by atoms with van der Waals surface area (Å²) in [7, 11) is 1.59. The van der Waals surface area contributed by atoms with Gasteiger partial charge >= 0.3 is 0 Å². The van der Waals surface area contributed by atoms with Crippen LogP contribution in [0.5, 0.6) is 5.75 Å². The summed E-state index contributed by atoms with van der Waals surface area (Å²) < 4.78 is 5.37. The van der Waals surface area contributed by atoms with Crippen molar-refractivity contribution in [2.45, 2.75) is 19.8 Å². The second-order valence-electron chi connectivity index (χ2n) is 6.90. The molecule has 134 valence electrons. The van der Waals surface area contributed by atoms with Crippen molar-refractivity contribution in [1.29, 1.82) is 0 Å². The van der Waals surface area contributed by atoms with Crippen LogP contribution in [0.15, 0.2) is 42.5 Å². The Morgan fingerprint density at radius 1 is 1.15 bits per heavy atom. The van der Waals surface area contributed by atoms with Gasteiger partial charge in [-0.2, -0.15) is 0 Å². The quantitative estimate of drug-likeness (QED) is 0.855. The van der Waals surface area contributed by atoms with Crippen molar-refractivity contribution < 1.29 is 14.3 Å². The molecule has 0 aromatic heterocycles. The lowest BCUT2D eigenvalue weighted by Gasteiger charge is -2.23. The van der Waals surface area contributed by atoms with Crippen LogP contribution in [-0.4, -0.2) is 32.0 Å².